The summed E-state index contributed by atoms with van der Waals surface area (Å²) in [5.74, 6) is -0.330. The summed E-state index contributed by atoms with van der Waals surface area (Å²) in [7, 11) is 7.33. The average Bonchev–Trinajstić information content (AvgIpc) is 2.33. The van der Waals surface area contributed by atoms with Gasteiger partial charge in [-0.3, -0.25) is 4.68 Å². The van der Waals surface area contributed by atoms with Crippen molar-refractivity contribution in [3.05, 3.63) is 24.1 Å². The molecular formula is C8H6BFN2. The molecule has 4 heteroatoms. The Morgan fingerprint density at radius 1 is 1.50 bits per heavy atom. The molecule has 0 unspecified atom stereocenters. The zero-order chi connectivity index (χ0) is 8.72. The molecule has 0 bridgehead atoms. The average molecular weight is 160 g/mol. The van der Waals surface area contributed by atoms with Crippen LogP contribution in [-0.2, 0) is 7.05 Å². The lowest BCUT2D eigenvalue weighted by Crippen LogP contribution is -2.04. The summed E-state index contributed by atoms with van der Waals surface area (Å²) in [4.78, 5) is 0. The first kappa shape index (κ1) is 7.34. The third-order valence-electron chi connectivity index (χ3n) is 1.86. The van der Waals surface area contributed by atoms with Crippen LogP contribution in [0, 0.1) is 5.82 Å². The SMILES string of the molecule is [B]c1cc(F)cc2c1cnn2C. The van der Waals surface area contributed by atoms with Crippen LogP contribution in [0.25, 0.3) is 10.9 Å². The molecule has 2 nitrogen and oxygen atoms in total. The van der Waals surface area contributed by atoms with Crippen molar-refractivity contribution >= 4 is 24.2 Å². The molecule has 2 aromatic rings. The number of aromatic nitrogens is 2. The van der Waals surface area contributed by atoms with E-state index in [1.54, 1.807) is 17.9 Å². The number of rotatable bonds is 0. The van der Waals surface area contributed by atoms with E-state index in [9.17, 15) is 4.39 Å². The van der Waals surface area contributed by atoms with Gasteiger partial charge in [-0.1, -0.05) is 5.46 Å². The van der Waals surface area contributed by atoms with Crippen LogP contribution in [0.4, 0.5) is 4.39 Å². The maximum absolute atomic E-state index is 12.8. The number of nitrogens with zero attached hydrogens (tertiary/aromatic N) is 2. The standard InChI is InChI=1S/C8H6BFN2/c1-12-8-3-5(10)2-7(9)6(8)4-11-12/h2-4H,1H3. The van der Waals surface area contributed by atoms with Crippen molar-refractivity contribution < 1.29 is 4.39 Å². The van der Waals surface area contributed by atoms with E-state index >= 15 is 0 Å². The fourth-order valence-electron chi connectivity index (χ4n) is 1.24. The largest absolute Gasteiger partial charge is 0.268 e. The van der Waals surface area contributed by atoms with Gasteiger partial charge in [0.25, 0.3) is 0 Å². The smallest absolute Gasteiger partial charge is 0.124 e. The Balaban J connectivity index is 2.92. The van der Waals surface area contributed by atoms with Crippen molar-refractivity contribution in [2.75, 3.05) is 0 Å². The summed E-state index contributed by atoms with van der Waals surface area (Å²) in [5.41, 5.74) is 1.14. The zero-order valence-electron chi connectivity index (χ0n) is 6.58. The van der Waals surface area contributed by atoms with E-state index in [1.807, 2.05) is 0 Å². The van der Waals surface area contributed by atoms with Gasteiger partial charge in [0.05, 0.1) is 11.7 Å². The van der Waals surface area contributed by atoms with Crippen molar-refractivity contribution in [1.82, 2.24) is 9.78 Å². The van der Waals surface area contributed by atoms with E-state index < -0.39 is 0 Å². The van der Waals surface area contributed by atoms with Crippen molar-refractivity contribution in [3.8, 4) is 0 Å². The normalized spacial score (nSPS) is 10.8. The second-order valence-electron chi connectivity index (χ2n) is 2.70. The molecule has 1 aromatic heterocycles. The quantitative estimate of drug-likeness (QED) is 0.513. The number of hydrogen-bond donors (Lipinski definition) is 0. The zero-order valence-corrected chi connectivity index (χ0v) is 6.58. The van der Waals surface area contributed by atoms with Crippen LogP contribution in [-0.4, -0.2) is 17.6 Å². The molecule has 0 fully saturated rings. The maximum Gasteiger partial charge on any atom is 0.124 e. The van der Waals surface area contributed by atoms with Crippen LogP contribution in [0.2, 0.25) is 0 Å². The Morgan fingerprint density at radius 2 is 2.25 bits per heavy atom. The molecule has 0 spiro atoms. The first-order valence-corrected chi connectivity index (χ1v) is 3.55. The summed E-state index contributed by atoms with van der Waals surface area (Å²) in [6.07, 6.45) is 1.63. The molecule has 0 aliphatic rings. The molecular weight excluding hydrogens is 154 g/mol. The summed E-state index contributed by atoms with van der Waals surface area (Å²) in [6, 6.07) is 2.71. The van der Waals surface area contributed by atoms with E-state index in [0.717, 1.165) is 5.39 Å². The van der Waals surface area contributed by atoms with Crippen molar-refractivity contribution in [2.24, 2.45) is 7.05 Å². The number of fused-ring (bicyclic) bond motifs is 1. The lowest BCUT2D eigenvalue weighted by molar-refractivity contribution is 0.629. The molecule has 0 aliphatic carbocycles. The molecule has 0 saturated heterocycles. The fraction of sp³-hybridized carbons (Fsp3) is 0.125. The minimum atomic E-state index is -0.330. The number of aryl methyl sites for hydroxylation is 1. The molecule has 0 atom stereocenters. The lowest BCUT2D eigenvalue weighted by atomic mass is 9.93. The Morgan fingerprint density at radius 3 is 3.00 bits per heavy atom. The first-order valence-electron chi connectivity index (χ1n) is 3.55. The Bertz CT molecular complexity index is 436. The third kappa shape index (κ3) is 0.914. The topological polar surface area (TPSA) is 17.8 Å². The van der Waals surface area contributed by atoms with Crippen molar-refractivity contribution in [2.45, 2.75) is 0 Å². The second-order valence-corrected chi connectivity index (χ2v) is 2.70. The molecule has 1 heterocycles. The molecule has 1 aromatic carbocycles. The molecule has 0 N–H and O–H groups in total. The van der Waals surface area contributed by atoms with Crippen molar-refractivity contribution in [1.29, 1.82) is 0 Å². The van der Waals surface area contributed by atoms with Gasteiger partial charge >= 0.3 is 0 Å². The molecule has 2 radical (unpaired) electrons. The maximum atomic E-state index is 12.8. The monoisotopic (exact) mass is 160 g/mol. The Kier molecular flexibility index (Phi) is 1.43. The molecule has 0 amide bonds. The van der Waals surface area contributed by atoms with Crippen LogP contribution >= 0.6 is 0 Å². The van der Waals surface area contributed by atoms with Crippen LogP contribution in [0.15, 0.2) is 18.3 Å². The van der Waals surface area contributed by atoms with Gasteiger partial charge in [0.15, 0.2) is 0 Å². The van der Waals surface area contributed by atoms with Crippen LogP contribution in [0.3, 0.4) is 0 Å². The number of halogens is 1. The lowest BCUT2D eigenvalue weighted by Gasteiger charge is -1.97. The van der Waals surface area contributed by atoms with Gasteiger partial charge in [-0.2, -0.15) is 5.10 Å². The van der Waals surface area contributed by atoms with E-state index in [2.05, 4.69) is 5.10 Å². The Hall–Kier alpha value is -1.32. The summed E-state index contributed by atoms with van der Waals surface area (Å²) in [6.45, 7) is 0. The van der Waals surface area contributed by atoms with Crippen molar-refractivity contribution in [3.63, 3.8) is 0 Å². The molecule has 0 aliphatic heterocycles. The predicted octanol–water partition coefficient (Wildman–Crippen LogP) is 0.506. The molecule has 2 rings (SSSR count). The molecule has 0 saturated carbocycles. The van der Waals surface area contributed by atoms with Gasteiger partial charge in [0.1, 0.15) is 13.7 Å². The summed E-state index contributed by atoms with van der Waals surface area (Å²) < 4.78 is 14.4. The predicted molar refractivity (Wildman–Crippen MR) is 46.1 cm³/mol. The minimum absolute atomic E-state index is 0.330. The van der Waals surface area contributed by atoms with E-state index in [-0.39, 0.29) is 5.82 Å². The van der Waals surface area contributed by atoms with Crippen LogP contribution in [0.1, 0.15) is 0 Å². The van der Waals surface area contributed by atoms with Crippen LogP contribution < -0.4 is 5.46 Å². The summed E-state index contributed by atoms with van der Waals surface area (Å²) in [5, 5.41) is 4.76. The highest BCUT2D eigenvalue weighted by atomic mass is 19.1. The van der Waals surface area contributed by atoms with Gasteiger partial charge < -0.3 is 0 Å². The Labute approximate surface area is 70.4 Å². The van der Waals surface area contributed by atoms with Gasteiger partial charge in [0, 0.05) is 12.4 Å². The number of hydrogen-bond acceptors (Lipinski definition) is 1. The first-order chi connectivity index (χ1) is 5.68. The highest BCUT2D eigenvalue weighted by Crippen LogP contribution is 2.10. The number of benzene rings is 1. The van der Waals surface area contributed by atoms with E-state index in [4.69, 9.17) is 7.85 Å². The van der Waals surface area contributed by atoms with Gasteiger partial charge in [-0.05, 0) is 12.1 Å². The van der Waals surface area contributed by atoms with E-state index in [0.29, 0.717) is 11.0 Å². The fourth-order valence-corrected chi connectivity index (χ4v) is 1.24. The van der Waals surface area contributed by atoms with Gasteiger partial charge in [-0.25, -0.2) is 4.39 Å². The molecule has 12 heavy (non-hydrogen) atoms. The third-order valence-corrected chi connectivity index (χ3v) is 1.86. The highest BCUT2D eigenvalue weighted by molar-refractivity contribution is 6.38. The summed E-state index contributed by atoms with van der Waals surface area (Å²) >= 11 is 0. The highest BCUT2D eigenvalue weighted by Gasteiger charge is 2.03. The van der Waals surface area contributed by atoms with E-state index in [1.165, 1.54) is 12.1 Å². The van der Waals surface area contributed by atoms with Gasteiger partial charge in [0.2, 0.25) is 0 Å². The van der Waals surface area contributed by atoms with Crippen LogP contribution in [0.5, 0.6) is 0 Å². The van der Waals surface area contributed by atoms with Gasteiger partial charge in [-0.15, -0.1) is 0 Å². The minimum Gasteiger partial charge on any atom is -0.268 e. The molecule has 58 valence electrons. The second kappa shape index (κ2) is 2.34.